The number of rotatable bonds is 7. The number of carbonyl (C=O) groups excluding carboxylic acids is 1. The largest absolute Gasteiger partial charge is 0.493 e. The normalized spacial score (nSPS) is 20.5. The maximum Gasteiger partial charge on any atom is 0.223 e. The molecule has 0 bridgehead atoms. The summed E-state index contributed by atoms with van der Waals surface area (Å²) in [4.78, 5) is 14.9. The van der Waals surface area contributed by atoms with Gasteiger partial charge in [-0.3, -0.25) is 9.69 Å². The average molecular weight is 358 g/mol. The molecule has 26 heavy (non-hydrogen) atoms. The highest BCUT2D eigenvalue weighted by Crippen LogP contribution is 2.38. The molecule has 1 atom stereocenters. The predicted molar refractivity (Wildman–Crippen MR) is 103 cm³/mol. The van der Waals surface area contributed by atoms with Crippen LogP contribution in [0.2, 0.25) is 0 Å². The summed E-state index contributed by atoms with van der Waals surface area (Å²) >= 11 is 0. The van der Waals surface area contributed by atoms with Gasteiger partial charge < -0.3 is 14.8 Å². The zero-order valence-electron chi connectivity index (χ0n) is 15.9. The van der Waals surface area contributed by atoms with Crippen molar-refractivity contribution in [2.45, 2.75) is 38.1 Å². The van der Waals surface area contributed by atoms with E-state index >= 15 is 0 Å². The summed E-state index contributed by atoms with van der Waals surface area (Å²) in [6.45, 7) is 6.25. The predicted octanol–water partition coefficient (Wildman–Crippen LogP) is 3.10. The number of nitrogens with zero attached hydrogens (tertiary/aromatic N) is 1. The van der Waals surface area contributed by atoms with E-state index < -0.39 is 0 Å². The van der Waals surface area contributed by atoms with Gasteiger partial charge in [0.05, 0.1) is 20.3 Å². The first-order valence-electron chi connectivity index (χ1n) is 9.55. The molecular weight excluding hydrogens is 328 g/mol. The van der Waals surface area contributed by atoms with Crippen molar-refractivity contribution in [3.8, 4) is 11.5 Å². The standard InChI is InChI=1S/C21H30N2O3/c1-4-10-23-11-9-16-12-19(25-2)20(26-3)13-17(16)18(23)14-22-21(24)15-7-5-6-8-15/h4,12-13,15,18H,1,5-11,14H2,2-3H3,(H,22,24). The van der Waals surface area contributed by atoms with Gasteiger partial charge in [0.1, 0.15) is 0 Å². The molecule has 1 N–H and O–H groups in total. The zero-order chi connectivity index (χ0) is 18.5. The number of methoxy groups -OCH3 is 2. The molecule has 0 radical (unpaired) electrons. The van der Waals surface area contributed by atoms with Crippen LogP contribution in [-0.2, 0) is 11.2 Å². The fraction of sp³-hybridized carbons (Fsp3) is 0.571. The van der Waals surface area contributed by atoms with Crippen LogP contribution in [0.4, 0.5) is 0 Å². The second kappa shape index (κ2) is 8.58. The Labute approximate surface area is 156 Å². The minimum atomic E-state index is 0.127. The lowest BCUT2D eigenvalue weighted by atomic mass is 9.91. The van der Waals surface area contributed by atoms with Crippen molar-refractivity contribution in [3.63, 3.8) is 0 Å². The number of hydrogen-bond acceptors (Lipinski definition) is 4. The molecular formula is C21H30N2O3. The van der Waals surface area contributed by atoms with Crippen molar-refractivity contribution in [3.05, 3.63) is 35.9 Å². The van der Waals surface area contributed by atoms with Gasteiger partial charge in [-0.1, -0.05) is 18.9 Å². The quantitative estimate of drug-likeness (QED) is 0.761. The van der Waals surface area contributed by atoms with E-state index in [1.165, 1.54) is 24.0 Å². The second-order valence-corrected chi connectivity index (χ2v) is 7.18. The summed E-state index contributed by atoms with van der Waals surface area (Å²) in [7, 11) is 3.32. The lowest BCUT2D eigenvalue weighted by Gasteiger charge is -2.37. The van der Waals surface area contributed by atoms with Crippen LogP contribution < -0.4 is 14.8 Å². The molecule has 1 aliphatic carbocycles. The van der Waals surface area contributed by atoms with Crippen molar-refractivity contribution >= 4 is 5.91 Å². The lowest BCUT2D eigenvalue weighted by Crippen LogP contribution is -2.43. The summed E-state index contributed by atoms with van der Waals surface area (Å²) in [5.74, 6) is 1.89. The number of amides is 1. The van der Waals surface area contributed by atoms with Gasteiger partial charge >= 0.3 is 0 Å². The van der Waals surface area contributed by atoms with Crippen LogP contribution >= 0.6 is 0 Å². The summed E-state index contributed by atoms with van der Waals surface area (Å²) < 4.78 is 11.0. The summed E-state index contributed by atoms with van der Waals surface area (Å²) in [5.41, 5.74) is 2.48. The van der Waals surface area contributed by atoms with Crippen LogP contribution in [-0.4, -0.2) is 44.7 Å². The van der Waals surface area contributed by atoms with E-state index in [2.05, 4.69) is 28.9 Å². The van der Waals surface area contributed by atoms with Gasteiger partial charge in [0.2, 0.25) is 5.91 Å². The maximum absolute atomic E-state index is 12.5. The smallest absolute Gasteiger partial charge is 0.223 e. The van der Waals surface area contributed by atoms with Crippen LogP contribution in [0.15, 0.2) is 24.8 Å². The van der Waals surface area contributed by atoms with Crippen molar-refractivity contribution in [2.24, 2.45) is 5.92 Å². The van der Waals surface area contributed by atoms with Crippen molar-refractivity contribution in [1.29, 1.82) is 0 Å². The van der Waals surface area contributed by atoms with Crippen LogP contribution in [0.25, 0.3) is 0 Å². The number of hydrogen-bond donors (Lipinski definition) is 1. The van der Waals surface area contributed by atoms with Gasteiger partial charge in [0.25, 0.3) is 0 Å². The van der Waals surface area contributed by atoms with E-state index in [4.69, 9.17) is 9.47 Å². The molecule has 5 heteroatoms. The first kappa shape index (κ1) is 18.8. The van der Waals surface area contributed by atoms with Crippen molar-refractivity contribution in [2.75, 3.05) is 33.9 Å². The molecule has 1 aromatic rings. The summed E-state index contributed by atoms with van der Waals surface area (Å²) in [6.07, 6.45) is 7.27. The Kier molecular flexibility index (Phi) is 6.20. The molecule has 2 aliphatic rings. The second-order valence-electron chi connectivity index (χ2n) is 7.18. The average Bonchev–Trinajstić information content (AvgIpc) is 3.20. The first-order chi connectivity index (χ1) is 12.7. The molecule has 1 aliphatic heterocycles. The highest BCUT2D eigenvalue weighted by molar-refractivity contribution is 5.78. The van der Waals surface area contributed by atoms with Gasteiger partial charge in [-0.2, -0.15) is 0 Å². The van der Waals surface area contributed by atoms with Crippen LogP contribution in [0, 0.1) is 5.92 Å². The number of fused-ring (bicyclic) bond motifs is 1. The monoisotopic (exact) mass is 358 g/mol. The van der Waals surface area contributed by atoms with E-state index in [-0.39, 0.29) is 17.9 Å². The molecule has 1 fully saturated rings. The molecule has 142 valence electrons. The highest BCUT2D eigenvalue weighted by atomic mass is 16.5. The van der Waals surface area contributed by atoms with Crippen LogP contribution in [0.3, 0.4) is 0 Å². The Morgan fingerprint density at radius 2 is 1.96 bits per heavy atom. The third-order valence-electron chi connectivity index (χ3n) is 5.67. The highest BCUT2D eigenvalue weighted by Gasteiger charge is 2.30. The number of ether oxygens (including phenoxy) is 2. The third-order valence-corrected chi connectivity index (χ3v) is 5.67. The fourth-order valence-electron chi connectivity index (χ4n) is 4.23. The Balaban J connectivity index is 1.82. The molecule has 1 aromatic carbocycles. The molecule has 0 saturated heterocycles. The molecule has 1 heterocycles. The molecule has 1 saturated carbocycles. The van der Waals surface area contributed by atoms with E-state index in [0.29, 0.717) is 6.54 Å². The number of carbonyl (C=O) groups is 1. The van der Waals surface area contributed by atoms with Gasteiger partial charge in [-0.05, 0) is 42.5 Å². The third kappa shape index (κ3) is 3.88. The Hall–Kier alpha value is -2.01. The topological polar surface area (TPSA) is 50.8 Å². The SMILES string of the molecule is C=CCN1CCc2cc(OC)c(OC)cc2C1CNC(=O)C1CCCC1. The Morgan fingerprint density at radius 1 is 1.27 bits per heavy atom. The Bertz CT molecular complexity index is 653. The Morgan fingerprint density at radius 3 is 2.62 bits per heavy atom. The van der Waals surface area contributed by atoms with E-state index in [9.17, 15) is 4.79 Å². The maximum atomic E-state index is 12.5. The first-order valence-corrected chi connectivity index (χ1v) is 9.55. The van der Waals surface area contributed by atoms with Gasteiger partial charge in [0, 0.05) is 25.6 Å². The molecule has 0 spiro atoms. The lowest BCUT2D eigenvalue weighted by molar-refractivity contribution is -0.125. The van der Waals surface area contributed by atoms with Crippen molar-refractivity contribution < 1.29 is 14.3 Å². The molecule has 0 aromatic heterocycles. The zero-order valence-corrected chi connectivity index (χ0v) is 15.9. The summed E-state index contributed by atoms with van der Waals surface area (Å²) in [6, 6.07) is 4.27. The van der Waals surface area contributed by atoms with Gasteiger partial charge in [0.15, 0.2) is 11.5 Å². The van der Waals surface area contributed by atoms with E-state index in [1.54, 1.807) is 14.2 Å². The number of nitrogens with one attached hydrogen (secondary N) is 1. The molecule has 1 amide bonds. The van der Waals surface area contributed by atoms with E-state index in [0.717, 1.165) is 43.9 Å². The fourth-order valence-corrected chi connectivity index (χ4v) is 4.23. The molecule has 3 rings (SSSR count). The van der Waals surface area contributed by atoms with Crippen LogP contribution in [0.1, 0.15) is 42.9 Å². The van der Waals surface area contributed by atoms with Crippen molar-refractivity contribution in [1.82, 2.24) is 10.2 Å². The number of benzene rings is 1. The van der Waals surface area contributed by atoms with E-state index in [1.807, 2.05) is 6.08 Å². The minimum absolute atomic E-state index is 0.127. The summed E-state index contributed by atoms with van der Waals surface area (Å²) in [5, 5.41) is 3.20. The van der Waals surface area contributed by atoms with Crippen LogP contribution in [0.5, 0.6) is 11.5 Å². The molecule has 1 unspecified atom stereocenters. The molecule has 5 nitrogen and oxygen atoms in total. The minimum Gasteiger partial charge on any atom is -0.493 e. The van der Waals surface area contributed by atoms with Gasteiger partial charge in [-0.15, -0.1) is 6.58 Å². The van der Waals surface area contributed by atoms with Gasteiger partial charge in [-0.25, -0.2) is 0 Å².